The summed E-state index contributed by atoms with van der Waals surface area (Å²) in [5, 5.41) is 0. The van der Waals surface area contributed by atoms with Gasteiger partial charge in [0.05, 0.1) is 24.3 Å². The number of ether oxygens (including phenoxy) is 1. The van der Waals surface area contributed by atoms with Gasteiger partial charge >= 0.3 is 6.18 Å². The predicted molar refractivity (Wildman–Crippen MR) is 77.1 cm³/mol. The average molecular weight is 313 g/mol. The summed E-state index contributed by atoms with van der Waals surface area (Å²) in [6.45, 7) is 4.79. The first-order valence-electron chi connectivity index (χ1n) is 7.05. The molecule has 2 unspecified atom stereocenters. The monoisotopic (exact) mass is 313 g/mol. The molecule has 2 atom stereocenters. The van der Waals surface area contributed by atoms with Gasteiger partial charge in [0.15, 0.2) is 0 Å². The maximum Gasteiger partial charge on any atom is 0.416 e. The molecule has 22 heavy (non-hydrogen) atoms. The van der Waals surface area contributed by atoms with Crippen molar-refractivity contribution in [3.63, 3.8) is 0 Å². The van der Waals surface area contributed by atoms with Gasteiger partial charge in [-0.3, -0.25) is 4.79 Å². The second-order valence-electron chi connectivity index (χ2n) is 5.44. The lowest BCUT2D eigenvalue weighted by atomic mass is 10.1. The molecule has 0 N–H and O–H groups in total. The summed E-state index contributed by atoms with van der Waals surface area (Å²) in [6, 6.07) is 4.68. The van der Waals surface area contributed by atoms with Gasteiger partial charge in [0.2, 0.25) is 5.91 Å². The second kappa shape index (κ2) is 6.52. The molecule has 0 aliphatic carbocycles. The molecule has 2 rings (SSSR count). The Morgan fingerprint density at radius 3 is 2.50 bits per heavy atom. The summed E-state index contributed by atoms with van der Waals surface area (Å²) in [4.78, 5) is 13.9. The third-order valence-corrected chi connectivity index (χ3v) is 3.55. The lowest BCUT2D eigenvalue weighted by Crippen LogP contribution is -2.49. The Balaban J connectivity index is 2.03. The zero-order chi connectivity index (χ0) is 16.3. The van der Waals surface area contributed by atoms with Gasteiger partial charge in [-0.15, -0.1) is 0 Å². The van der Waals surface area contributed by atoms with E-state index in [1.165, 1.54) is 24.3 Å². The van der Waals surface area contributed by atoms with Gasteiger partial charge in [-0.25, -0.2) is 0 Å². The van der Waals surface area contributed by atoms with Crippen LogP contribution in [0.5, 0.6) is 0 Å². The average Bonchev–Trinajstić information content (AvgIpc) is 2.47. The largest absolute Gasteiger partial charge is 0.416 e. The molecule has 1 aromatic rings. The van der Waals surface area contributed by atoms with Gasteiger partial charge in [-0.2, -0.15) is 13.2 Å². The molecule has 1 heterocycles. The number of carbonyl (C=O) groups excluding carboxylic acids is 1. The van der Waals surface area contributed by atoms with E-state index in [4.69, 9.17) is 4.74 Å². The molecule has 6 heteroatoms. The lowest BCUT2D eigenvalue weighted by Gasteiger charge is -2.36. The predicted octanol–water partition coefficient (Wildman–Crippen LogP) is 3.35. The van der Waals surface area contributed by atoms with Crippen molar-refractivity contribution in [1.29, 1.82) is 0 Å². The Kier molecular flexibility index (Phi) is 4.90. The van der Waals surface area contributed by atoms with Crippen LogP contribution in [0.3, 0.4) is 0 Å². The number of carbonyl (C=O) groups is 1. The number of alkyl halides is 3. The van der Waals surface area contributed by atoms with Crippen molar-refractivity contribution >= 4 is 12.0 Å². The second-order valence-corrected chi connectivity index (χ2v) is 5.44. The highest BCUT2D eigenvalue weighted by molar-refractivity contribution is 5.92. The first-order valence-corrected chi connectivity index (χ1v) is 7.05. The normalized spacial score (nSPS) is 23.0. The number of benzene rings is 1. The van der Waals surface area contributed by atoms with Crippen molar-refractivity contribution < 1.29 is 22.7 Å². The summed E-state index contributed by atoms with van der Waals surface area (Å²) in [7, 11) is 0. The Hall–Kier alpha value is -1.82. The van der Waals surface area contributed by atoms with Crippen LogP contribution in [0.15, 0.2) is 30.3 Å². The molecule has 0 aromatic heterocycles. The smallest absolute Gasteiger partial charge is 0.375 e. The number of morpholine rings is 1. The molecular formula is C16H18F3NO2. The van der Waals surface area contributed by atoms with Crippen molar-refractivity contribution in [1.82, 2.24) is 4.90 Å². The van der Waals surface area contributed by atoms with Crippen LogP contribution < -0.4 is 0 Å². The van der Waals surface area contributed by atoms with Crippen LogP contribution in [0.25, 0.3) is 6.08 Å². The van der Waals surface area contributed by atoms with Crippen molar-refractivity contribution in [2.75, 3.05) is 13.2 Å². The van der Waals surface area contributed by atoms with E-state index >= 15 is 0 Å². The molecule has 3 nitrogen and oxygen atoms in total. The number of nitrogens with zero attached hydrogens (tertiary/aromatic N) is 1. The fraction of sp³-hybridized carbons (Fsp3) is 0.438. The van der Waals surface area contributed by atoms with E-state index in [-0.39, 0.29) is 18.1 Å². The molecule has 1 fully saturated rings. The van der Waals surface area contributed by atoms with E-state index in [1.807, 2.05) is 13.8 Å². The molecule has 1 amide bonds. The minimum absolute atomic E-state index is 0.0130. The van der Waals surface area contributed by atoms with Crippen LogP contribution in [-0.4, -0.2) is 36.1 Å². The van der Waals surface area contributed by atoms with Crippen molar-refractivity contribution in [2.45, 2.75) is 32.2 Å². The molecule has 0 spiro atoms. The summed E-state index contributed by atoms with van der Waals surface area (Å²) in [5.41, 5.74) is -0.151. The Bertz CT molecular complexity index is 552. The lowest BCUT2D eigenvalue weighted by molar-refractivity contribution is -0.138. The molecule has 1 aliphatic heterocycles. The van der Waals surface area contributed by atoms with Crippen LogP contribution in [0.4, 0.5) is 13.2 Å². The fourth-order valence-corrected chi connectivity index (χ4v) is 2.26. The number of rotatable bonds is 2. The Morgan fingerprint density at radius 1 is 1.27 bits per heavy atom. The van der Waals surface area contributed by atoms with E-state index in [1.54, 1.807) is 4.90 Å². The zero-order valence-electron chi connectivity index (χ0n) is 12.4. The van der Waals surface area contributed by atoms with Crippen LogP contribution >= 0.6 is 0 Å². The molecule has 0 bridgehead atoms. The minimum atomic E-state index is -4.35. The van der Waals surface area contributed by atoms with E-state index in [0.717, 1.165) is 12.1 Å². The summed E-state index contributed by atoms with van der Waals surface area (Å²) >= 11 is 0. The number of hydrogen-bond donors (Lipinski definition) is 0. The SMILES string of the molecule is CC1CN(C(=O)/C=C/c2ccc(C(F)(F)F)cc2)C(C)CO1. The van der Waals surface area contributed by atoms with Crippen LogP contribution in [0.2, 0.25) is 0 Å². The quantitative estimate of drug-likeness (QED) is 0.784. The molecule has 0 saturated carbocycles. The van der Waals surface area contributed by atoms with Crippen molar-refractivity contribution in [2.24, 2.45) is 0 Å². The van der Waals surface area contributed by atoms with Gasteiger partial charge in [0.25, 0.3) is 0 Å². The number of halogens is 3. The molecule has 1 saturated heterocycles. The van der Waals surface area contributed by atoms with Crippen LogP contribution in [0, 0.1) is 0 Å². The molecular weight excluding hydrogens is 295 g/mol. The van der Waals surface area contributed by atoms with Crippen LogP contribution in [0.1, 0.15) is 25.0 Å². The third kappa shape index (κ3) is 4.10. The maximum absolute atomic E-state index is 12.5. The highest BCUT2D eigenvalue weighted by Gasteiger charge is 2.30. The van der Waals surface area contributed by atoms with Crippen LogP contribution in [-0.2, 0) is 15.7 Å². The van der Waals surface area contributed by atoms with Gasteiger partial charge in [0.1, 0.15) is 0 Å². The topological polar surface area (TPSA) is 29.5 Å². The molecule has 0 radical (unpaired) electrons. The minimum Gasteiger partial charge on any atom is -0.375 e. The standard InChI is InChI=1S/C16H18F3NO2/c1-11-10-22-12(2)9-20(11)15(21)8-5-13-3-6-14(7-4-13)16(17,18)19/h3-8,11-12H,9-10H2,1-2H3/b8-5+. The third-order valence-electron chi connectivity index (χ3n) is 3.55. The zero-order valence-corrected chi connectivity index (χ0v) is 12.4. The summed E-state index contributed by atoms with van der Waals surface area (Å²) in [5.74, 6) is -0.164. The maximum atomic E-state index is 12.5. The molecule has 1 aromatic carbocycles. The van der Waals surface area contributed by atoms with E-state index < -0.39 is 11.7 Å². The van der Waals surface area contributed by atoms with E-state index in [9.17, 15) is 18.0 Å². The summed E-state index contributed by atoms with van der Waals surface area (Å²) in [6.07, 6.45) is -1.45. The Labute approximate surface area is 127 Å². The van der Waals surface area contributed by atoms with Gasteiger partial charge < -0.3 is 9.64 Å². The summed E-state index contributed by atoms with van der Waals surface area (Å²) < 4.78 is 42.9. The first-order chi connectivity index (χ1) is 10.3. The van der Waals surface area contributed by atoms with E-state index in [2.05, 4.69) is 0 Å². The van der Waals surface area contributed by atoms with Gasteiger partial charge in [-0.05, 0) is 37.6 Å². The highest BCUT2D eigenvalue weighted by Crippen LogP contribution is 2.29. The van der Waals surface area contributed by atoms with Gasteiger partial charge in [0, 0.05) is 12.6 Å². The fourth-order valence-electron chi connectivity index (χ4n) is 2.26. The van der Waals surface area contributed by atoms with Gasteiger partial charge in [-0.1, -0.05) is 12.1 Å². The first kappa shape index (κ1) is 16.5. The Morgan fingerprint density at radius 2 is 1.91 bits per heavy atom. The van der Waals surface area contributed by atoms with Crippen molar-refractivity contribution in [3.8, 4) is 0 Å². The highest BCUT2D eigenvalue weighted by atomic mass is 19.4. The van der Waals surface area contributed by atoms with E-state index in [0.29, 0.717) is 18.7 Å². The molecule has 1 aliphatic rings. The number of hydrogen-bond acceptors (Lipinski definition) is 2. The molecule has 120 valence electrons. The number of amides is 1. The van der Waals surface area contributed by atoms with Crippen molar-refractivity contribution in [3.05, 3.63) is 41.5 Å².